The third-order valence-electron chi connectivity index (χ3n) is 2.33. The fourth-order valence-corrected chi connectivity index (χ4v) is 1.52. The van der Waals surface area contributed by atoms with Crippen molar-refractivity contribution >= 4 is 0 Å². The summed E-state index contributed by atoms with van der Waals surface area (Å²) < 4.78 is 62.3. The lowest BCUT2D eigenvalue weighted by Gasteiger charge is -2.21. The predicted molar refractivity (Wildman–Crippen MR) is 58.4 cm³/mol. The van der Waals surface area contributed by atoms with Gasteiger partial charge in [-0.3, -0.25) is 0 Å². The van der Waals surface area contributed by atoms with Gasteiger partial charge in [-0.25, -0.2) is 0 Å². The molecule has 0 unspecified atom stereocenters. The molecule has 0 aliphatic rings. The number of benzene rings is 1. The molecule has 0 amide bonds. The topological polar surface area (TPSA) is 26.0 Å². The normalized spacial score (nSPS) is 13.8. The van der Waals surface area contributed by atoms with Crippen molar-refractivity contribution in [2.24, 2.45) is 5.73 Å². The maximum Gasteiger partial charge on any atom is 0.458 e. The van der Waals surface area contributed by atoms with E-state index < -0.39 is 23.2 Å². The lowest BCUT2D eigenvalue weighted by Crippen LogP contribution is -2.35. The minimum absolute atomic E-state index is 0.394. The molecular formula is C12H14F5N. The summed E-state index contributed by atoms with van der Waals surface area (Å²) in [5.41, 5.74) is 4.74. The van der Waals surface area contributed by atoms with Crippen LogP contribution in [0.3, 0.4) is 0 Å². The van der Waals surface area contributed by atoms with Crippen molar-refractivity contribution < 1.29 is 22.0 Å². The largest absolute Gasteiger partial charge is 0.458 e. The van der Waals surface area contributed by atoms with E-state index in [-0.39, 0.29) is 0 Å². The zero-order valence-corrected chi connectivity index (χ0v) is 9.98. The van der Waals surface area contributed by atoms with Gasteiger partial charge in [-0.2, -0.15) is 22.0 Å². The molecule has 1 aromatic carbocycles. The van der Waals surface area contributed by atoms with Crippen molar-refractivity contribution in [2.75, 3.05) is 0 Å². The summed E-state index contributed by atoms with van der Waals surface area (Å²) in [5.74, 6) is -4.83. The lowest BCUT2D eigenvalue weighted by molar-refractivity contribution is -0.289. The van der Waals surface area contributed by atoms with Crippen molar-refractivity contribution in [3.8, 4) is 0 Å². The molecule has 2 N–H and O–H groups in total. The number of hydrogen-bond acceptors (Lipinski definition) is 1. The number of rotatable bonds is 3. The van der Waals surface area contributed by atoms with Gasteiger partial charge < -0.3 is 5.73 Å². The average Bonchev–Trinajstić information content (AvgIpc) is 2.14. The molecule has 102 valence electrons. The van der Waals surface area contributed by atoms with Crippen LogP contribution in [0.1, 0.15) is 25.0 Å². The van der Waals surface area contributed by atoms with Crippen LogP contribution in [0.4, 0.5) is 22.0 Å². The summed E-state index contributed by atoms with van der Waals surface area (Å²) in [7, 11) is 0. The quantitative estimate of drug-likeness (QED) is 0.832. The molecule has 0 heterocycles. The summed E-state index contributed by atoms with van der Waals surface area (Å²) in [6.07, 6.45) is -5.19. The molecule has 6 heteroatoms. The second-order valence-corrected chi connectivity index (χ2v) is 4.93. The van der Waals surface area contributed by atoms with Gasteiger partial charge in [0, 0.05) is 11.1 Å². The Hall–Kier alpha value is -1.17. The lowest BCUT2D eigenvalue weighted by atomic mass is 9.95. The Morgan fingerprint density at radius 3 is 1.72 bits per heavy atom. The van der Waals surface area contributed by atoms with E-state index in [9.17, 15) is 22.0 Å². The van der Waals surface area contributed by atoms with Crippen LogP contribution in [-0.4, -0.2) is 11.7 Å². The Kier molecular flexibility index (Phi) is 3.72. The second-order valence-electron chi connectivity index (χ2n) is 4.93. The summed E-state index contributed by atoms with van der Waals surface area (Å²) in [4.78, 5) is 0. The van der Waals surface area contributed by atoms with Crippen molar-refractivity contribution in [3.05, 3.63) is 35.4 Å². The highest BCUT2D eigenvalue weighted by Crippen LogP contribution is 2.43. The van der Waals surface area contributed by atoms with Gasteiger partial charge in [0.25, 0.3) is 0 Å². The first-order chi connectivity index (χ1) is 7.93. The van der Waals surface area contributed by atoms with Gasteiger partial charge in [0.2, 0.25) is 0 Å². The molecule has 0 saturated heterocycles. The van der Waals surface area contributed by atoms with E-state index in [0.29, 0.717) is 12.0 Å². The predicted octanol–water partition coefficient (Wildman–Crippen LogP) is 3.62. The van der Waals surface area contributed by atoms with Crippen LogP contribution in [0.5, 0.6) is 0 Å². The van der Waals surface area contributed by atoms with Crippen molar-refractivity contribution in [1.82, 2.24) is 0 Å². The van der Waals surface area contributed by atoms with Gasteiger partial charge in [-0.15, -0.1) is 0 Å². The second kappa shape index (κ2) is 4.50. The fourth-order valence-electron chi connectivity index (χ4n) is 1.52. The van der Waals surface area contributed by atoms with Crippen molar-refractivity contribution in [1.29, 1.82) is 0 Å². The molecule has 0 aliphatic heterocycles. The molecule has 1 rings (SSSR count). The first-order valence-corrected chi connectivity index (χ1v) is 5.26. The van der Waals surface area contributed by atoms with Crippen LogP contribution < -0.4 is 5.73 Å². The molecule has 0 aliphatic carbocycles. The van der Waals surface area contributed by atoms with E-state index in [1.54, 1.807) is 13.8 Å². The summed E-state index contributed by atoms with van der Waals surface area (Å²) in [6.45, 7) is 3.48. The highest BCUT2D eigenvalue weighted by Gasteiger charge is 2.58. The molecule has 18 heavy (non-hydrogen) atoms. The van der Waals surface area contributed by atoms with E-state index in [1.165, 1.54) is 12.1 Å². The maximum absolute atomic E-state index is 13.0. The minimum atomic E-state index is -5.58. The van der Waals surface area contributed by atoms with Gasteiger partial charge in [0.1, 0.15) is 0 Å². The highest BCUT2D eigenvalue weighted by atomic mass is 19.4. The van der Waals surface area contributed by atoms with E-state index in [1.807, 2.05) is 0 Å². The average molecular weight is 267 g/mol. The Morgan fingerprint density at radius 1 is 0.944 bits per heavy atom. The third-order valence-corrected chi connectivity index (χ3v) is 2.33. The highest BCUT2D eigenvalue weighted by molar-refractivity contribution is 5.27. The summed E-state index contributed by atoms with van der Waals surface area (Å²) in [5, 5.41) is 0. The minimum Gasteiger partial charge on any atom is -0.325 e. The van der Waals surface area contributed by atoms with Crippen LogP contribution in [0.25, 0.3) is 0 Å². The van der Waals surface area contributed by atoms with Crippen LogP contribution >= 0.6 is 0 Å². The Balaban J connectivity index is 2.97. The first-order valence-electron chi connectivity index (χ1n) is 5.26. The van der Waals surface area contributed by atoms with Gasteiger partial charge in [0.15, 0.2) is 0 Å². The molecule has 0 saturated carbocycles. The molecule has 0 radical (unpaired) electrons. The molecule has 0 bridgehead atoms. The zero-order valence-electron chi connectivity index (χ0n) is 9.98. The molecule has 0 atom stereocenters. The molecule has 0 fully saturated rings. The van der Waals surface area contributed by atoms with Crippen LogP contribution in [0.2, 0.25) is 0 Å². The SMILES string of the molecule is CC(C)(N)Cc1ccc(C(F)(F)C(F)(F)F)cc1. The Morgan fingerprint density at radius 2 is 1.39 bits per heavy atom. The van der Waals surface area contributed by atoms with E-state index in [2.05, 4.69) is 0 Å². The van der Waals surface area contributed by atoms with E-state index in [4.69, 9.17) is 5.73 Å². The van der Waals surface area contributed by atoms with Crippen molar-refractivity contribution in [2.45, 2.75) is 37.9 Å². The van der Waals surface area contributed by atoms with Gasteiger partial charge in [-0.05, 0) is 25.8 Å². The zero-order chi connectivity index (χ0) is 14.2. The van der Waals surface area contributed by atoms with Gasteiger partial charge in [-0.1, -0.05) is 24.3 Å². The molecule has 0 spiro atoms. The van der Waals surface area contributed by atoms with E-state index in [0.717, 1.165) is 12.1 Å². The van der Waals surface area contributed by atoms with E-state index >= 15 is 0 Å². The molecular weight excluding hydrogens is 253 g/mol. The molecule has 1 aromatic rings. The summed E-state index contributed by atoms with van der Waals surface area (Å²) >= 11 is 0. The number of alkyl halides is 5. The Labute approximate surface area is 102 Å². The fraction of sp³-hybridized carbons (Fsp3) is 0.500. The van der Waals surface area contributed by atoms with Crippen LogP contribution in [0.15, 0.2) is 24.3 Å². The van der Waals surface area contributed by atoms with Crippen LogP contribution in [-0.2, 0) is 12.3 Å². The molecule has 0 aromatic heterocycles. The van der Waals surface area contributed by atoms with Gasteiger partial charge in [0.05, 0.1) is 0 Å². The number of halogens is 5. The Bertz CT molecular complexity index is 400. The monoisotopic (exact) mass is 267 g/mol. The number of nitrogens with two attached hydrogens (primary N) is 1. The van der Waals surface area contributed by atoms with Crippen molar-refractivity contribution in [3.63, 3.8) is 0 Å². The smallest absolute Gasteiger partial charge is 0.325 e. The third kappa shape index (κ3) is 3.41. The number of hydrogen-bond donors (Lipinski definition) is 1. The first kappa shape index (κ1) is 14.9. The maximum atomic E-state index is 13.0. The van der Waals surface area contributed by atoms with Gasteiger partial charge >= 0.3 is 12.1 Å². The standard InChI is InChI=1S/C12H14F5N/c1-10(2,18)7-8-3-5-9(6-4-8)11(13,14)12(15,16)17/h3-6H,7,18H2,1-2H3. The molecule has 1 nitrogen and oxygen atoms in total. The summed E-state index contributed by atoms with van der Waals surface area (Å²) in [6, 6.07) is 4.05. The van der Waals surface area contributed by atoms with Crippen LogP contribution in [0, 0.1) is 0 Å².